The number of rotatable bonds is 6. The third-order valence-corrected chi connectivity index (χ3v) is 5.50. The second-order valence-electron chi connectivity index (χ2n) is 8.74. The number of amides is 1. The third-order valence-electron chi connectivity index (χ3n) is 5.50. The van der Waals surface area contributed by atoms with Crippen LogP contribution in [0.5, 0.6) is 0 Å². The van der Waals surface area contributed by atoms with Crippen LogP contribution in [-0.2, 0) is 18.3 Å². The quantitative estimate of drug-likeness (QED) is 0.532. The Morgan fingerprint density at radius 2 is 1.97 bits per heavy atom. The number of benzene rings is 1. The summed E-state index contributed by atoms with van der Waals surface area (Å²) >= 11 is 0. The van der Waals surface area contributed by atoms with Crippen LogP contribution in [0.3, 0.4) is 0 Å². The van der Waals surface area contributed by atoms with Crippen LogP contribution in [0, 0.1) is 0 Å². The zero-order valence-corrected chi connectivity index (χ0v) is 17.6. The minimum Gasteiger partial charge on any atom is -0.390 e. The number of pyridine rings is 1. The van der Waals surface area contributed by atoms with Crippen LogP contribution in [0.1, 0.15) is 54.9 Å². The lowest BCUT2D eigenvalue weighted by atomic mass is 9.95. The van der Waals surface area contributed by atoms with Crippen LogP contribution in [-0.4, -0.2) is 36.5 Å². The SMILES string of the molecule is CC(C)(O)c1cc2nn(CCC3(O)CC3)cc2cc1NC(=O)c1cccc(C(F)(F)F)n1. The first-order valence-electron chi connectivity index (χ1n) is 10.2. The van der Waals surface area contributed by atoms with Gasteiger partial charge >= 0.3 is 6.18 Å². The number of nitrogens with zero attached hydrogens (tertiary/aromatic N) is 3. The molecule has 0 bridgehead atoms. The van der Waals surface area contributed by atoms with E-state index < -0.39 is 34.7 Å². The molecule has 0 spiro atoms. The maximum Gasteiger partial charge on any atom is 0.433 e. The third kappa shape index (κ3) is 4.76. The van der Waals surface area contributed by atoms with E-state index in [1.165, 1.54) is 19.9 Å². The topological polar surface area (TPSA) is 100 Å². The van der Waals surface area contributed by atoms with Gasteiger partial charge in [-0.1, -0.05) is 6.07 Å². The summed E-state index contributed by atoms with van der Waals surface area (Å²) < 4.78 is 40.5. The Bertz CT molecular complexity index is 1180. The van der Waals surface area contributed by atoms with Gasteiger partial charge in [-0.05, 0) is 57.4 Å². The number of carbonyl (C=O) groups is 1. The Kier molecular flexibility index (Phi) is 5.25. The number of halogens is 3. The molecule has 7 nitrogen and oxygen atoms in total. The number of aromatic nitrogens is 3. The van der Waals surface area contributed by atoms with Crippen LogP contribution < -0.4 is 5.32 Å². The second kappa shape index (κ2) is 7.56. The highest BCUT2D eigenvalue weighted by atomic mass is 19.4. The molecule has 0 radical (unpaired) electrons. The Morgan fingerprint density at radius 1 is 1.25 bits per heavy atom. The minimum atomic E-state index is -4.67. The maximum atomic E-state index is 12.9. The first-order valence-corrected chi connectivity index (χ1v) is 10.2. The van der Waals surface area contributed by atoms with Gasteiger partial charge in [0.15, 0.2) is 0 Å². The predicted molar refractivity (Wildman–Crippen MR) is 111 cm³/mol. The summed E-state index contributed by atoms with van der Waals surface area (Å²) in [6.07, 6.45) is -0.792. The van der Waals surface area contributed by atoms with Crippen LogP contribution in [0.4, 0.5) is 18.9 Å². The van der Waals surface area contributed by atoms with E-state index in [1.807, 2.05) is 0 Å². The van der Waals surface area contributed by atoms with Gasteiger partial charge < -0.3 is 15.5 Å². The number of hydrogen-bond acceptors (Lipinski definition) is 5. The van der Waals surface area contributed by atoms with Gasteiger partial charge in [-0.25, -0.2) is 4.98 Å². The van der Waals surface area contributed by atoms with Crippen LogP contribution in [0.2, 0.25) is 0 Å². The largest absolute Gasteiger partial charge is 0.433 e. The smallest absolute Gasteiger partial charge is 0.390 e. The van der Waals surface area contributed by atoms with E-state index in [2.05, 4.69) is 15.4 Å². The lowest BCUT2D eigenvalue weighted by molar-refractivity contribution is -0.141. The van der Waals surface area contributed by atoms with E-state index in [4.69, 9.17) is 0 Å². The number of anilines is 1. The van der Waals surface area contributed by atoms with Gasteiger partial charge in [0.2, 0.25) is 0 Å². The molecule has 1 aromatic carbocycles. The number of hydrogen-bond donors (Lipinski definition) is 3. The highest BCUT2D eigenvalue weighted by Crippen LogP contribution is 2.39. The molecule has 2 aromatic heterocycles. The van der Waals surface area contributed by atoms with Crippen LogP contribution in [0.15, 0.2) is 36.5 Å². The Hall–Kier alpha value is -2.98. The summed E-state index contributed by atoms with van der Waals surface area (Å²) in [6, 6.07) is 6.34. The lowest BCUT2D eigenvalue weighted by Gasteiger charge is -2.22. The molecular formula is C22H23F3N4O3. The summed E-state index contributed by atoms with van der Waals surface area (Å²) in [6.45, 7) is 3.58. The Morgan fingerprint density at radius 3 is 2.59 bits per heavy atom. The zero-order chi connectivity index (χ0) is 23.3. The normalized spacial score (nSPS) is 15.7. The summed E-state index contributed by atoms with van der Waals surface area (Å²) in [5.41, 5.74) is -2.35. The molecule has 0 aliphatic heterocycles. The molecule has 1 aliphatic carbocycles. The molecule has 10 heteroatoms. The van der Waals surface area contributed by atoms with E-state index in [0.717, 1.165) is 25.0 Å². The Balaban J connectivity index is 1.65. The van der Waals surface area contributed by atoms with Crippen molar-refractivity contribution >= 4 is 22.5 Å². The van der Waals surface area contributed by atoms with Gasteiger partial charge in [-0.15, -0.1) is 0 Å². The predicted octanol–water partition coefficient (Wildman–Crippen LogP) is 3.84. The van der Waals surface area contributed by atoms with Gasteiger partial charge in [0, 0.05) is 29.4 Å². The minimum absolute atomic E-state index is 0.245. The number of alkyl halides is 3. The van der Waals surface area contributed by atoms with Gasteiger partial charge in [0.25, 0.3) is 5.91 Å². The van der Waals surface area contributed by atoms with Crippen molar-refractivity contribution in [3.8, 4) is 0 Å². The van der Waals surface area contributed by atoms with E-state index in [1.54, 1.807) is 23.0 Å². The van der Waals surface area contributed by atoms with Gasteiger partial charge in [0.05, 0.1) is 16.7 Å². The second-order valence-corrected chi connectivity index (χ2v) is 8.74. The van der Waals surface area contributed by atoms with Crippen molar-refractivity contribution in [2.24, 2.45) is 0 Å². The molecule has 1 amide bonds. The lowest BCUT2D eigenvalue weighted by Crippen LogP contribution is -2.22. The van der Waals surface area contributed by atoms with Crippen LogP contribution >= 0.6 is 0 Å². The first-order chi connectivity index (χ1) is 14.8. The highest BCUT2D eigenvalue weighted by Gasteiger charge is 2.39. The van der Waals surface area contributed by atoms with Crippen molar-refractivity contribution in [1.29, 1.82) is 0 Å². The molecule has 0 saturated heterocycles. The molecule has 0 atom stereocenters. The van der Waals surface area contributed by atoms with Crippen molar-refractivity contribution in [2.45, 2.75) is 57.0 Å². The molecule has 3 aromatic rings. The molecule has 1 saturated carbocycles. The van der Waals surface area contributed by atoms with Gasteiger partial charge in [0.1, 0.15) is 11.4 Å². The van der Waals surface area contributed by atoms with Crippen molar-refractivity contribution in [3.63, 3.8) is 0 Å². The molecule has 0 unspecified atom stereocenters. The first kappa shape index (κ1) is 22.2. The monoisotopic (exact) mass is 448 g/mol. The van der Waals surface area contributed by atoms with E-state index in [9.17, 15) is 28.2 Å². The zero-order valence-electron chi connectivity index (χ0n) is 17.6. The van der Waals surface area contributed by atoms with Gasteiger partial charge in [-0.2, -0.15) is 18.3 Å². The Labute approximate surface area is 181 Å². The maximum absolute atomic E-state index is 12.9. The molecule has 4 rings (SSSR count). The molecule has 3 N–H and O–H groups in total. The van der Waals surface area contributed by atoms with Crippen molar-refractivity contribution < 1.29 is 28.2 Å². The van der Waals surface area contributed by atoms with E-state index in [-0.39, 0.29) is 5.69 Å². The standard InChI is InChI=1S/C22H23F3N4O3/c1-20(2,31)14-11-16-13(12-29(28-16)9-8-21(32)6-7-21)10-17(14)27-19(30)15-4-3-5-18(26-15)22(23,24)25/h3-5,10-12,31-32H,6-9H2,1-2H3,(H,27,30). The fourth-order valence-corrected chi connectivity index (χ4v) is 3.47. The van der Waals surface area contributed by atoms with E-state index in [0.29, 0.717) is 29.4 Å². The fraction of sp³-hybridized carbons (Fsp3) is 0.409. The summed E-state index contributed by atoms with van der Waals surface area (Å²) in [5, 5.41) is 28.4. The molecule has 2 heterocycles. The molecule has 1 aliphatic rings. The average Bonchev–Trinajstić information content (AvgIpc) is 3.30. The summed E-state index contributed by atoms with van der Waals surface area (Å²) in [7, 11) is 0. The number of carbonyl (C=O) groups excluding carboxylic acids is 1. The fourth-order valence-electron chi connectivity index (χ4n) is 3.47. The molecule has 170 valence electrons. The van der Waals surface area contributed by atoms with Crippen LogP contribution in [0.25, 0.3) is 10.9 Å². The average molecular weight is 448 g/mol. The molecule has 32 heavy (non-hydrogen) atoms. The van der Waals surface area contributed by atoms with Crippen molar-refractivity contribution in [3.05, 3.63) is 53.5 Å². The van der Waals surface area contributed by atoms with Gasteiger partial charge in [-0.3, -0.25) is 9.48 Å². The van der Waals surface area contributed by atoms with Crippen molar-refractivity contribution in [1.82, 2.24) is 14.8 Å². The van der Waals surface area contributed by atoms with Crippen molar-refractivity contribution in [2.75, 3.05) is 5.32 Å². The number of aliphatic hydroxyl groups is 2. The number of aryl methyl sites for hydroxylation is 1. The summed E-state index contributed by atoms with van der Waals surface area (Å²) in [4.78, 5) is 16.1. The number of fused-ring (bicyclic) bond motifs is 1. The van der Waals surface area contributed by atoms with E-state index >= 15 is 0 Å². The summed E-state index contributed by atoms with van der Waals surface area (Å²) in [5.74, 6) is -0.829. The molecular weight excluding hydrogens is 425 g/mol. The number of nitrogens with one attached hydrogen (secondary N) is 1. The highest BCUT2D eigenvalue weighted by molar-refractivity contribution is 6.04. The molecule has 1 fully saturated rings.